The number of hydrogen-bond acceptors (Lipinski definition) is 3. The Morgan fingerprint density at radius 1 is 1.50 bits per heavy atom. The van der Waals surface area contributed by atoms with Gasteiger partial charge in [0.2, 0.25) is 0 Å². The summed E-state index contributed by atoms with van der Waals surface area (Å²) in [4.78, 5) is 0. The number of hydrogen-bond donors (Lipinski definition) is 0. The summed E-state index contributed by atoms with van der Waals surface area (Å²) in [5, 5.41) is 4.20. The first kappa shape index (κ1) is 9.22. The number of aryl methyl sites for hydroxylation is 1. The summed E-state index contributed by atoms with van der Waals surface area (Å²) in [6, 6.07) is 1.95. The van der Waals surface area contributed by atoms with Gasteiger partial charge in [0.15, 0.2) is 6.29 Å². The van der Waals surface area contributed by atoms with Crippen LogP contribution >= 0.6 is 0 Å². The van der Waals surface area contributed by atoms with E-state index in [2.05, 4.69) is 5.10 Å². The first-order valence-electron chi connectivity index (χ1n) is 3.82. The number of nitrogens with zero attached hydrogens (tertiary/aromatic N) is 2. The molecule has 0 radical (unpaired) electrons. The monoisotopic (exact) mass is 170 g/mol. The molecule has 0 saturated carbocycles. The van der Waals surface area contributed by atoms with Gasteiger partial charge in [0.25, 0.3) is 0 Å². The molecule has 0 amide bonds. The molecule has 12 heavy (non-hydrogen) atoms. The summed E-state index contributed by atoms with van der Waals surface area (Å²) in [5.74, 6) is 0. The standard InChI is InChI=1S/C8H14N2O2/c1-7-4-5-10(9-7)6-8(11-2)12-3/h4-5,8H,6H2,1-3H3. The largest absolute Gasteiger partial charge is 0.354 e. The first-order valence-corrected chi connectivity index (χ1v) is 3.82. The van der Waals surface area contributed by atoms with Crippen LogP contribution < -0.4 is 0 Å². The Kier molecular flexibility index (Phi) is 3.25. The first-order chi connectivity index (χ1) is 5.76. The number of methoxy groups -OCH3 is 2. The second kappa shape index (κ2) is 4.23. The summed E-state index contributed by atoms with van der Waals surface area (Å²) in [6.07, 6.45) is 1.68. The van der Waals surface area contributed by atoms with E-state index >= 15 is 0 Å². The zero-order chi connectivity index (χ0) is 8.97. The molecule has 1 aromatic heterocycles. The molecular weight excluding hydrogens is 156 g/mol. The molecule has 0 aliphatic carbocycles. The van der Waals surface area contributed by atoms with Crippen LogP contribution in [-0.4, -0.2) is 30.3 Å². The van der Waals surface area contributed by atoms with Crippen LogP contribution in [0, 0.1) is 6.92 Å². The number of rotatable bonds is 4. The summed E-state index contributed by atoms with van der Waals surface area (Å²) >= 11 is 0. The Labute approximate surface area is 72.1 Å². The van der Waals surface area contributed by atoms with Crippen molar-refractivity contribution in [2.75, 3.05) is 14.2 Å². The van der Waals surface area contributed by atoms with Crippen molar-refractivity contribution < 1.29 is 9.47 Å². The number of aromatic nitrogens is 2. The maximum atomic E-state index is 5.03. The fraction of sp³-hybridized carbons (Fsp3) is 0.625. The second-order valence-corrected chi connectivity index (χ2v) is 2.58. The molecule has 0 aliphatic heterocycles. The van der Waals surface area contributed by atoms with E-state index < -0.39 is 0 Å². The van der Waals surface area contributed by atoms with Crippen molar-refractivity contribution in [2.24, 2.45) is 0 Å². The van der Waals surface area contributed by atoms with E-state index in [1.807, 2.05) is 19.2 Å². The smallest absolute Gasteiger partial charge is 0.176 e. The maximum Gasteiger partial charge on any atom is 0.176 e. The minimum Gasteiger partial charge on any atom is -0.354 e. The predicted octanol–water partition coefficient (Wildman–Crippen LogP) is 0.810. The molecule has 0 atom stereocenters. The summed E-state index contributed by atoms with van der Waals surface area (Å²) < 4.78 is 11.9. The third-order valence-corrected chi connectivity index (χ3v) is 1.64. The van der Waals surface area contributed by atoms with E-state index in [9.17, 15) is 0 Å². The van der Waals surface area contributed by atoms with Crippen LogP contribution in [-0.2, 0) is 16.0 Å². The molecule has 68 valence electrons. The average Bonchev–Trinajstić information content (AvgIpc) is 2.47. The lowest BCUT2D eigenvalue weighted by Crippen LogP contribution is -2.20. The van der Waals surface area contributed by atoms with Crippen molar-refractivity contribution in [1.82, 2.24) is 9.78 Å². The quantitative estimate of drug-likeness (QED) is 0.627. The van der Waals surface area contributed by atoms with E-state index in [4.69, 9.17) is 9.47 Å². The highest BCUT2D eigenvalue weighted by Gasteiger charge is 2.05. The molecule has 0 spiro atoms. The normalized spacial score (nSPS) is 11.0. The lowest BCUT2D eigenvalue weighted by Gasteiger charge is -2.12. The summed E-state index contributed by atoms with van der Waals surface area (Å²) in [6.45, 7) is 2.58. The van der Waals surface area contributed by atoms with E-state index in [1.54, 1.807) is 18.9 Å². The van der Waals surface area contributed by atoms with E-state index in [0.717, 1.165) is 5.69 Å². The predicted molar refractivity (Wildman–Crippen MR) is 44.8 cm³/mol. The van der Waals surface area contributed by atoms with Gasteiger partial charge in [-0.1, -0.05) is 0 Å². The van der Waals surface area contributed by atoms with Gasteiger partial charge >= 0.3 is 0 Å². The second-order valence-electron chi connectivity index (χ2n) is 2.58. The molecule has 0 unspecified atom stereocenters. The summed E-state index contributed by atoms with van der Waals surface area (Å²) in [5.41, 5.74) is 1.00. The molecule has 4 nitrogen and oxygen atoms in total. The van der Waals surface area contributed by atoms with Crippen molar-refractivity contribution >= 4 is 0 Å². The van der Waals surface area contributed by atoms with Crippen LogP contribution in [0.5, 0.6) is 0 Å². The molecule has 1 aromatic rings. The highest BCUT2D eigenvalue weighted by Crippen LogP contribution is 1.98. The third kappa shape index (κ3) is 2.32. The van der Waals surface area contributed by atoms with Crippen molar-refractivity contribution in [3.63, 3.8) is 0 Å². The van der Waals surface area contributed by atoms with Gasteiger partial charge in [-0.15, -0.1) is 0 Å². The number of ether oxygens (including phenoxy) is 2. The molecule has 0 aliphatic rings. The zero-order valence-corrected chi connectivity index (χ0v) is 7.65. The molecule has 0 N–H and O–H groups in total. The van der Waals surface area contributed by atoms with Crippen LogP contribution in [0.25, 0.3) is 0 Å². The Morgan fingerprint density at radius 3 is 2.58 bits per heavy atom. The molecule has 1 rings (SSSR count). The Morgan fingerprint density at radius 2 is 2.17 bits per heavy atom. The van der Waals surface area contributed by atoms with Crippen molar-refractivity contribution in [2.45, 2.75) is 19.8 Å². The van der Waals surface area contributed by atoms with Crippen molar-refractivity contribution in [3.05, 3.63) is 18.0 Å². The van der Waals surface area contributed by atoms with Gasteiger partial charge < -0.3 is 9.47 Å². The molecule has 4 heteroatoms. The summed E-state index contributed by atoms with van der Waals surface area (Å²) in [7, 11) is 3.23. The van der Waals surface area contributed by atoms with Crippen LogP contribution in [0.3, 0.4) is 0 Å². The lowest BCUT2D eigenvalue weighted by molar-refractivity contribution is -0.112. The van der Waals surface area contributed by atoms with Gasteiger partial charge in [0.05, 0.1) is 12.2 Å². The third-order valence-electron chi connectivity index (χ3n) is 1.64. The van der Waals surface area contributed by atoms with Gasteiger partial charge in [-0.05, 0) is 13.0 Å². The highest BCUT2D eigenvalue weighted by atomic mass is 16.7. The minimum atomic E-state index is -0.218. The van der Waals surface area contributed by atoms with Gasteiger partial charge in [-0.3, -0.25) is 4.68 Å². The van der Waals surface area contributed by atoms with E-state index in [1.165, 1.54) is 0 Å². The fourth-order valence-electron chi connectivity index (χ4n) is 0.963. The van der Waals surface area contributed by atoms with Crippen molar-refractivity contribution in [3.8, 4) is 0 Å². The minimum absolute atomic E-state index is 0.218. The van der Waals surface area contributed by atoms with Crippen molar-refractivity contribution in [1.29, 1.82) is 0 Å². The van der Waals surface area contributed by atoms with Gasteiger partial charge in [0.1, 0.15) is 0 Å². The topological polar surface area (TPSA) is 36.3 Å². The van der Waals surface area contributed by atoms with Crippen LogP contribution in [0.2, 0.25) is 0 Å². The molecule has 1 heterocycles. The molecule has 0 aromatic carbocycles. The van der Waals surface area contributed by atoms with E-state index in [-0.39, 0.29) is 6.29 Å². The SMILES string of the molecule is COC(Cn1ccc(C)n1)OC. The molecule has 0 fully saturated rings. The van der Waals surface area contributed by atoms with Crippen LogP contribution in [0.4, 0.5) is 0 Å². The molecule has 0 saturated heterocycles. The van der Waals surface area contributed by atoms with Crippen LogP contribution in [0.1, 0.15) is 5.69 Å². The van der Waals surface area contributed by atoms with Crippen LogP contribution in [0.15, 0.2) is 12.3 Å². The van der Waals surface area contributed by atoms with E-state index in [0.29, 0.717) is 6.54 Å². The highest BCUT2D eigenvalue weighted by molar-refractivity contribution is 4.94. The maximum absolute atomic E-state index is 5.03. The molecule has 0 bridgehead atoms. The average molecular weight is 170 g/mol. The van der Waals surface area contributed by atoms with Gasteiger partial charge in [0, 0.05) is 20.4 Å². The van der Waals surface area contributed by atoms with Gasteiger partial charge in [-0.25, -0.2) is 0 Å². The Bertz CT molecular complexity index is 231. The molecular formula is C8H14N2O2. The Balaban J connectivity index is 2.50. The lowest BCUT2D eigenvalue weighted by atomic mass is 10.5. The zero-order valence-electron chi connectivity index (χ0n) is 7.65. The fourth-order valence-corrected chi connectivity index (χ4v) is 0.963. The Hall–Kier alpha value is -0.870. The van der Waals surface area contributed by atoms with Gasteiger partial charge in [-0.2, -0.15) is 5.10 Å².